The highest BCUT2D eigenvalue weighted by Crippen LogP contribution is 2.27. The molecular formula is C14H15ClN2O. The maximum absolute atomic E-state index is 9.05. The largest absolute Gasteiger partial charge is 0.392 e. The Balaban J connectivity index is 2.16. The Morgan fingerprint density at radius 1 is 1.17 bits per heavy atom. The number of benzene rings is 1. The summed E-state index contributed by atoms with van der Waals surface area (Å²) in [7, 11) is 1.99. The fourth-order valence-electron chi connectivity index (χ4n) is 1.81. The molecule has 0 saturated heterocycles. The molecular weight excluding hydrogens is 248 g/mol. The van der Waals surface area contributed by atoms with Gasteiger partial charge in [-0.15, -0.1) is 0 Å². The summed E-state index contributed by atoms with van der Waals surface area (Å²) in [6.45, 7) is 0.773. The van der Waals surface area contributed by atoms with Crippen molar-refractivity contribution in [2.24, 2.45) is 0 Å². The molecule has 0 bridgehead atoms. The van der Waals surface area contributed by atoms with Crippen LogP contribution >= 0.6 is 11.6 Å². The highest BCUT2D eigenvalue weighted by molar-refractivity contribution is 6.33. The zero-order chi connectivity index (χ0) is 13.0. The van der Waals surface area contributed by atoms with Crippen molar-refractivity contribution in [2.75, 3.05) is 11.9 Å². The van der Waals surface area contributed by atoms with E-state index in [2.05, 4.69) is 9.88 Å². The van der Waals surface area contributed by atoms with E-state index in [0.29, 0.717) is 5.02 Å². The number of aliphatic hydroxyl groups excluding tert-OH is 1. The van der Waals surface area contributed by atoms with Gasteiger partial charge in [0.1, 0.15) is 0 Å². The van der Waals surface area contributed by atoms with Gasteiger partial charge in [-0.25, -0.2) is 0 Å². The quantitative estimate of drug-likeness (QED) is 0.921. The number of anilines is 1. The van der Waals surface area contributed by atoms with E-state index in [4.69, 9.17) is 16.7 Å². The summed E-state index contributed by atoms with van der Waals surface area (Å²) in [6.07, 6.45) is 3.55. The van der Waals surface area contributed by atoms with Crippen LogP contribution in [-0.2, 0) is 13.2 Å². The molecule has 0 aliphatic rings. The van der Waals surface area contributed by atoms with E-state index in [-0.39, 0.29) is 6.61 Å². The molecule has 0 amide bonds. The van der Waals surface area contributed by atoms with Gasteiger partial charge in [0, 0.05) is 26.0 Å². The number of hydrogen-bond donors (Lipinski definition) is 1. The minimum atomic E-state index is 0.00800. The predicted octanol–water partition coefficient (Wildman–Crippen LogP) is 2.86. The molecule has 0 unspecified atom stereocenters. The Kier molecular flexibility index (Phi) is 4.18. The molecule has 0 aliphatic heterocycles. The normalized spacial score (nSPS) is 10.4. The number of halogens is 1. The van der Waals surface area contributed by atoms with Crippen LogP contribution < -0.4 is 4.90 Å². The SMILES string of the molecule is CN(Cc1ccncc1)c1ccc(CO)cc1Cl. The Hall–Kier alpha value is -1.58. The Labute approximate surface area is 112 Å². The topological polar surface area (TPSA) is 36.4 Å². The first-order valence-electron chi connectivity index (χ1n) is 5.70. The lowest BCUT2D eigenvalue weighted by molar-refractivity contribution is 0.282. The van der Waals surface area contributed by atoms with E-state index in [1.807, 2.05) is 31.3 Å². The van der Waals surface area contributed by atoms with Gasteiger partial charge in [0.05, 0.1) is 17.3 Å². The molecule has 1 aromatic heterocycles. The molecule has 0 fully saturated rings. The fraction of sp³-hybridized carbons (Fsp3) is 0.214. The van der Waals surface area contributed by atoms with Crippen molar-refractivity contribution in [1.82, 2.24) is 4.98 Å². The highest BCUT2D eigenvalue weighted by atomic mass is 35.5. The Bertz CT molecular complexity index is 516. The van der Waals surface area contributed by atoms with Crippen LogP contribution in [0, 0.1) is 0 Å². The molecule has 3 nitrogen and oxygen atoms in total. The zero-order valence-corrected chi connectivity index (χ0v) is 10.9. The number of aromatic nitrogens is 1. The maximum Gasteiger partial charge on any atom is 0.0682 e. The summed E-state index contributed by atoms with van der Waals surface area (Å²) in [5, 5.41) is 9.70. The molecule has 0 aliphatic carbocycles. The summed E-state index contributed by atoms with van der Waals surface area (Å²) in [4.78, 5) is 6.06. The van der Waals surface area contributed by atoms with Crippen molar-refractivity contribution in [3.63, 3.8) is 0 Å². The monoisotopic (exact) mass is 262 g/mol. The average molecular weight is 263 g/mol. The third-order valence-corrected chi connectivity index (χ3v) is 3.08. The van der Waals surface area contributed by atoms with Crippen LogP contribution in [0.2, 0.25) is 5.02 Å². The van der Waals surface area contributed by atoms with E-state index in [1.165, 1.54) is 5.56 Å². The first-order chi connectivity index (χ1) is 8.70. The van der Waals surface area contributed by atoms with Gasteiger partial charge in [-0.3, -0.25) is 4.98 Å². The summed E-state index contributed by atoms with van der Waals surface area (Å²) in [6, 6.07) is 9.55. The molecule has 0 saturated carbocycles. The molecule has 0 radical (unpaired) electrons. The minimum Gasteiger partial charge on any atom is -0.392 e. The molecule has 1 aromatic carbocycles. The van der Waals surface area contributed by atoms with Gasteiger partial charge in [0.2, 0.25) is 0 Å². The molecule has 2 rings (SSSR count). The summed E-state index contributed by atoms with van der Waals surface area (Å²) >= 11 is 6.20. The lowest BCUT2D eigenvalue weighted by Gasteiger charge is -2.21. The number of pyridine rings is 1. The van der Waals surface area contributed by atoms with Gasteiger partial charge in [-0.2, -0.15) is 0 Å². The summed E-state index contributed by atoms with van der Waals surface area (Å²) in [5.74, 6) is 0. The molecule has 0 atom stereocenters. The van der Waals surface area contributed by atoms with E-state index in [0.717, 1.165) is 17.8 Å². The van der Waals surface area contributed by atoms with E-state index in [1.54, 1.807) is 18.5 Å². The standard InChI is InChI=1S/C14H15ClN2O/c1-17(9-11-4-6-16-7-5-11)14-3-2-12(10-18)8-13(14)15/h2-8,18H,9-10H2,1H3. The molecule has 2 aromatic rings. The number of aliphatic hydroxyl groups is 1. The van der Waals surface area contributed by atoms with Gasteiger partial charge in [-0.05, 0) is 35.4 Å². The second-order valence-electron chi connectivity index (χ2n) is 4.16. The molecule has 0 spiro atoms. The summed E-state index contributed by atoms with van der Waals surface area (Å²) < 4.78 is 0. The number of nitrogens with zero attached hydrogens (tertiary/aromatic N) is 2. The van der Waals surface area contributed by atoms with Crippen LogP contribution in [0.25, 0.3) is 0 Å². The van der Waals surface area contributed by atoms with Crippen LogP contribution in [0.5, 0.6) is 0 Å². The van der Waals surface area contributed by atoms with Gasteiger partial charge in [0.15, 0.2) is 0 Å². The number of rotatable bonds is 4. The van der Waals surface area contributed by atoms with Crippen LogP contribution in [-0.4, -0.2) is 17.1 Å². The van der Waals surface area contributed by atoms with Crippen LogP contribution in [0.3, 0.4) is 0 Å². The van der Waals surface area contributed by atoms with E-state index < -0.39 is 0 Å². The van der Waals surface area contributed by atoms with E-state index in [9.17, 15) is 0 Å². The van der Waals surface area contributed by atoms with Gasteiger partial charge in [-0.1, -0.05) is 17.7 Å². The third kappa shape index (κ3) is 3.00. The first kappa shape index (κ1) is 12.9. The average Bonchev–Trinajstić information content (AvgIpc) is 2.39. The number of hydrogen-bond acceptors (Lipinski definition) is 3. The zero-order valence-electron chi connectivity index (χ0n) is 10.2. The molecule has 1 heterocycles. The maximum atomic E-state index is 9.05. The lowest BCUT2D eigenvalue weighted by atomic mass is 10.2. The molecule has 18 heavy (non-hydrogen) atoms. The van der Waals surface area contributed by atoms with Crippen molar-refractivity contribution in [3.05, 3.63) is 58.9 Å². The van der Waals surface area contributed by atoms with Gasteiger partial charge < -0.3 is 10.0 Å². The second kappa shape index (κ2) is 5.85. The van der Waals surface area contributed by atoms with Crippen molar-refractivity contribution < 1.29 is 5.11 Å². The van der Waals surface area contributed by atoms with Crippen LogP contribution in [0.1, 0.15) is 11.1 Å². The van der Waals surface area contributed by atoms with Crippen molar-refractivity contribution in [3.8, 4) is 0 Å². The third-order valence-electron chi connectivity index (χ3n) is 2.78. The minimum absolute atomic E-state index is 0.00800. The van der Waals surface area contributed by atoms with Crippen molar-refractivity contribution in [2.45, 2.75) is 13.2 Å². The van der Waals surface area contributed by atoms with Gasteiger partial charge in [0.25, 0.3) is 0 Å². The van der Waals surface area contributed by atoms with Gasteiger partial charge >= 0.3 is 0 Å². The second-order valence-corrected chi connectivity index (χ2v) is 4.56. The van der Waals surface area contributed by atoms with Crippen molar-refractivity contribution >= 4 is 17.3 Å². The summed E-state index contributed by atoms with van der Waals surface area (Å²) in [5.41, 5.74) is 2.95. The highest BCUT2D eigenvalue weighted by Gasteiger charge is 2.07. The van der Waals surface area contributed by atoms with Crippen molar-refractivity contribution in [1.29, 1.82) is 0 Å². The lowest BCUT2D eigenvalue weighted by Crippen LogP contribution is -2.16. The Morgan fingerprint density at radius 2 is 1.89 bits per heavy atom. The predicted molar refractivity (Wildman–Crippen MR) is 73.7 cm³/mol. The molecule has 1 N–H and O–H groups in total. The Morgan fingerprint density at radius 3 is 2.50 bits per heavy atom. The van der Waals surface area contributed by atoms with Crippen LogP contribution in [0.4, 0.5) is 5.69 Å². The van der Waals surface area contributed by atoms with Crippen LogP contribution in [0.15, 0.2) is 42.7 Å². The molecule has 94 valence electrons. The fourth-order valence-corrected chi connectivity index (χ4v) is 2.15. The smallest absolute Gasteiger partial charge is 0.0682 e. The van der Waals surface area contributed by atoms with E-state index >= 15 is 0 Å². The first-order valence-corrected chi connectivity index (χ1v) is 6.08. The molecule has 4 heteroatoms.